The molecule has 0 radical (unpaired) electrons. The fourth-order valence-electron chi connectivity index (χ4n) is 5.45. The van der Waals surface area contributed by atoms with Crippen molar-refractivity contribution in [3.05, 3.63) is 76.7 Å². The zero-order chi connectivity index (χ0) is 27.5. The van der Waals surface area contributed by atoms with Crippen LogP contribution in [0.3, 0.4) is 0 Å². The molecule has 0 saturated carbocycles. The van der Waals surface area contributed by atoms with Crippen LogP contribution in [0, 0.1) is 0 Å². The number of piperazine rings is 1. The Bertz CT molecular complexity index is 1450. The van der Waals surface area contributed by atoms with E-state index in [1.165, 1.54) is 24.2 Å². The third kappa shape index (κ3) is 5.89. The van der Waals surface area contributed by atoms with Crippen molar-refractivity contribution in [2.24, 2.45) is 0 Å². The molecule has 2 fully saturated rings. The Morgan fingerprint density at radius 3 is 2.40 bits per heavy atom. The van der Waals surface area contributed by atoms with Crippen LogP contribution in [0.25, 0.3) is 10.2 Å². The first-order chi connectivity index (χ1) is 19.5. The molecule has 0 unspecified atom stereocenters. The summed E-state index contributed by atoms with van der Waals surface area (Å²) in [5.74, 6) is 0.0794. The maximum atomic E-state index is 13.4. The Balaban J connectivity index is 1.13. The maximum absolute atomic E-state index is 13.4. The number of fused-ring (bicyclic) bond motifs is 1. The summed E-state index contributed by atoms with van der Waals surface area (Å²) in [5, 5.41) is 13.4. The molecular formula is C30H35N7O2S. The number of nitrogens with zero attached hydrogens (tertiary/aromatic N) is 4. The average Bonchev–Trinajstić information content (AvgIpc) is 3.73. The number of benzene rings is 2. The summed E-state index contributed by atoms with van der Waals surface area (Å²) >= 11 is 1.33. The molecule has 6 rings (SSSR count). The number of likely N-dealkylation sites (N-methyl/N-ethyl adjacent to an activating group) is 1. The normalized spacial score (nSPS) is 17.3. The molecule has 2 amide bonds. The third-order valence-corrected chi connectivity index (χ3v) is 8.98. The molecule has 0 bridgehead atoms. The van der Waals surface area contributed by atoms with Gasteiger partial charge in [-0.2, -0.15) is 5.10 Å². The van der Waals surface area contributed by atoms with Gasteiger partial charge in [0.15, 0.2) is 5.82 Å². The molecule has 208 valence electrons. The van der Waals surface area contributed by atoms with Gasteiger partial charge in [0.1, 0.15) is 0 Å². The number of hydrogen-bond acceptors (Lipinski definition) is 7. The number of carbonyl (C=O) groups excluding carboxylic acids is 2. The van der Waals surface area contributed by atoms with Crippen LogP contribution in [0.2, 0.25) is 0 Å². The highest BCUT2D eigenvalue weighted by Gasteiger charge is 2.23. The van der Waals surface area contributed by atoms with Gasteiger partial charge < -0.3 is 25.3 Å². The highest BCUT2D eigenvalue weighted by Crippen LogP contribution is 2.31. The molecule has 1 atom stereocenters. The number of nitrogens with one attached hydrogen (secondary N) is 3. The number of aromatic nitrogens is 2. The van der Waals surface area contributed by atoms with Crippen LogP contribution in [0.5, 0.6) is 0 Å². The van der Waals surface area contributed by atoms with Gasteiger partial charge >= 0.3 is 0 Å². The van der Waals surface area contributed by atoms with E-state index in [2.05, 4.69) is 54.7 Å². The molecule has 4 heterocycles. The highest BCUT2D eigenvalue weighted by atomic mass is 32.1. The van der Waals surface area contributed by atoms with Gasteiger partial charge in [-0.25, -0.2) is 0 Å². The van der Waals surface area contributed by atoms with Gasteiger partial charge in [0, 0.05) is 44.0 Å². The van der Waals surface area contributed by atoms with Crippen LogP contribution in [-0.2, 0) is 0 Å². The van der Waals surface area contributed by atoms with Gasteiger partial charge in [-0.1, -0.05) is 30.3 Å². The molecule has 9 nitrogen and oxygen atoms in total. The van der Waals surface area contributed by atoms with E-state index in [4.69, 9.17) is 0 Å². The second-order valence-electron chi connectivity index (χ2n) is 10.7. The predicted octanol–water partition coefficient (Wildman–Crippen LogP) is 4.20. The molecule has 0 spiro atoms. The topological polar surface area (TPSA) is 96.6 Å². The number of anilines is 2. The lowest BCUT2D eigenvalue weighted by molar-refractivity contribution is 0.0930. The summed E-state index contributed by atoms with van der Waals surface area (Å²) in [4.78, 5) is 34.0. The van der Waals surface area contributed by atoms with Crippen LogP contribution in [0.15, 0.2) is 60.7 Å². The van der Waals surface area contributed by atoms with Gasteiger partial charge in [-0.3, -0.25) is 14.7 Å². The number of H-pyrrole nitrogens is 1. The first-order valence-electron chi connectivity index (χ1n) is 13.9. The molecular weight excluding hydrogens is 522 g/mol. The molecule has 2 aromatic heterocycles. The number of thiophene rings is 1. The van der Waals surface area contributed by atoms with E-state index in [1.54, 1.807) is 6.07 Å². The van der Waals surface area contributed by atoms with Crippen molar-refractivity contribution in [1.29, 1.82) is 0 Å². The molecule has 4 aromatic rings. The fourth-order valence-corrected chi connectivity index (χ4v) is 6.41. The molecule has 2 saturated heterocycles. The first-order valence-corrected chi connectivity index (χ1v) is 14.8. The monoisotopic (exact) mass is 557 g/mol. The minimum Gasteiger partial charge on any atom is -0.369 e. The Hall–Kier alpha value is -3.73. The Labute approximate surface area is 238 Å². The summed E-state index contributed by atoms with van der Waals surface area (Å²) in [7, 11) is 2.14. The second kappa shape index (κ2) is 11.8. The number of carbonyl (C=O) groups is 2. The number of likely N-dealkylation sites (tertiary alicyclic amines) is 1. The lowest BCUT2D eigenvalue weighted by atomic mass is 10.1. The van der Waals surface area contributed by atoms with Crippen LogP contribution in [-0.4, -0.2) is 84.7 Å². The van der Waals surface area contributed by atoms with E-state index in [0.29, 0.717) is 16.3 Å². The van der Waals surface area contributed by atoms with Crippen molar-refractivity contribution in [3.8, 4) is 0 Å². The van der Waals surface area contributed by atoms with Gasteiger partial charge in [-0.15, -0.1) is 11.3 Å². The van der Waals surface area contributed by atoms with Crippen molar-refractivity contribution in [1.82, 2.24) is 25.3 Å². The SMILES string of the molecule is CN1CCN(c2ccc(C(=O)Nc3n[nH]c4cc(C(=O)N[C@H](CN5CCCC5)c5ccccc5)sc34)cc2)CC1. The van der Waals surface area contributed by atoms with Crippen LogP contribution >= 0.6 is 11.3 Å². The van der Waals surface area contributed by atoms with Crippen molar-refractivity contribution >= 4 is 44.9 Å². The van der Waals surface area contributed by atoms with Crippen molar-refractivity contribution in [3.63, 3.8) is 0 Å². The van der Waals surface area contributed by atoms with Crippen molar-refractivity contribution in [2.75, 3.05) is 63.1 Å². The van der Waals surface area contributed by atoms with Crippen molar-refractivity contribution < 1.29 is 9.59 Å². The molecule has 2 aliphatic heterocycles. The molecule has 2 aromatic carbocycles. The second-order valence-corrected chi connectivity index (χ2v) is 11.7. The van der Waals surface area contributed by atoms with E-state index in [-0.39, 0.29) is 17.9 Å². The lowest BCUT2D eigenvalue weighted by Gasteiger charge is -2.34. The molecule has 40 heavy (non-hydrogen) atoms. The molecule has 10 heteroatoms. The zero-order valence-electron chi connectivity index (χ0n) is 22.7. The number of rotatable bonds is 8. The lowest BCUT2D eigenvalue weighted by Crippen LogP contribution is -2.44. The van der Waals surface area contributed by atoms with Gasteiger partial charge in [0.2, 0.25) is 0 Å². The van der Waals surface area contributed by atoms with Crippen LogP contribution < -0.4 is 15.5 Å². The van der Waals surface area contributed by atoms with E-state index in [9.17, 15) is 9.59 Å². The van der Waals surface area contributed by atoms with E-state index in [1.807, 2.05) is 42.5 Å². The highest BCUT2D eigenvalue weighted by molar-refractivity contribution is 7.21. The van der Waals surface area contributed by atoms with E-state index < -0.39 is 0 Å². The molecule has 0 aliphatic carbocycles. The largest absolute Gasteiger partial charge is 0.369 e. The minimum absolute atomic E-state index is 0.0987. The Morgan fingerprint density at radius 2 is 1.68 bits per heavy atom. The number of aromatic amines is 1. The standard InChI is InChI=1S/C30H35N7O2S/c1-35-15-17-37(18-16-35)23-11-9-22(10-12-23)29(38)32-28-27-24(33-34-28)19-26(40-27)30(39)31-25(20-36-13-5-6-14-36)21-7-3-2-4-8-21/h2-4,7-12,19,25H,5-6,13-18,20H2,1H3,(H,31,39)(H2,32,33,34,38)/t25-/m1/s1. The van der Waals surface area contributed by atoms with Crippen molar-refractivity contribution in [2.45, 2.75) is 18.9 Å². The smallest absolute Gasteiger partial charge is 0.261 e. The van der Waals surface area contributed by atoms with Gasteiger partial charge in [0.05, 0.1) is 21.1 Å². The summed E-state index contributed by atoms with van der Waals surface area (Å²) in [6.45, 7) is 6.93. The van der Waals surface area contributed by atoms with Crippen LogP contribution in [0.4, 0.5) is 11.5 Å². The van der Waals surface area contributed by atoms with E-state index in [0.717, 1.165) is 67.3 Å². The zero-order valence-corrected chi connectivity index (χ0v) is 23.5. The Morgan fingerprint density at radius 1 is 0.950 bits per heavy atom. The summed E-state index contributed by atoms with van der Waals surface area (Å²) in [6, 6.07) is 19.5. The predicted molar refractivity (Wildman–Crippen MR) is 160 cm³/mol. The van der Waals surface area contributed by atoms with E-state index >= 15 is 0 Å². The number of hydrogen-bond donors (Lipinski definition) is 3. The average molecular weight is 558 g/mol. The number of amides is 2. The maximum Gasteiger partial charge on any atom is 0.261 e. The quantitative estimate of drug-likeness (QED) is 0.301. The summed E-state index contributed by atoms with van der Waals surface area (Å²) < 4.78 is 0.753. The third-order valence-electron chi connectivity index (χ3n) is 7.84. The molecule has 3 N–H and O–H groups in total. The minimum atomic E-state index is -0.229. The molecule has 2 aliphatic rings. The van der Waals surface area contributed by atoms with Gasteiger partial charge in [0.25, 0.3) is 11.8 Å². The summed E-state index contributed by atoms with van der Waals surface area (Å²) in [6.07, 6.45) is 2.40. The van der Waals surface area contributed by atoms with Gasteiger partial charge in [-0.05, 0) is 68.9 Å². The fraction of sp³-hybridized carbons (Fsp3) is 0.367. The first kappa shape index (κ1) is 26.5. The summed E-state index contributed by atoms with van der Waals surface area (Å²) in [5.41, 5.74) is 3.51. The van der Waals surface area contributed by atoms with Crippen LogP contribution in [0.1, 0.15) is 44.5 Å². The Kier molecular flexibility index (Phi) is 7.81.